The van der Waals surface area contributed by atoms with Gasteiger partial charge in [0.1, 0.15) is 0 Å². The van der Waals surface area contributed by atoms with Gasteiger partial charge in [0.05, 0.1) is 0 Å². The number of hydrogen-bond donors (Lipinski definition) is 1. The second kappa shape index (κ2) is 8.61. The van der Waals surface area contributed by atoms with Gasteiger partial charge in [0.15, 0.2) is 0 Å². The maximum absolute atomic E-state index is 12.9. The third kappa shape index (κ3) is 4.28. The second-order valence-electron chi connectivity index (χ2n) is 7.90. The number of likely N-dealkylation sites (N-methyl/N-ethyl adjacent to an activating group) is 1. The fourth-order valence-electron chi connectivity index (χ4n) is 4.28. The molecule has 146 valence electrons. The number of benzene rings is 2. The van der Waals surface area contributed by atoms with Crippen LogP contribution in [0.4, 0.5) is 0 Å². The van der Waals surface area contributed by atoms with Gasteiger partial charge < -0.3 is 9.88 Å². The molecular weight excluding hydrogens is 346 g/mol. The van der Waals surface area contributed by atoms with Crippen LogP contribution in [0.5, 0.6) is 0 Å². The summed E-state index contributed by atoms with van der Waals surface area (Å²) in [5.41, 5.74) is 3.71. The molecule has 2 aromatic carbocycles. The van der Waals surface area contributed by atoms with Crippen molar-refractivity contribution in [1.29, 1.82) is 0 Å². The smallest absolute Gasteiger partial charge is 0.222 e. The van der Waals surface area contributed by atoms with Gasteiger partial charge >= 0.3 is 0 Å². The molecule has 1 aliphatic rings. The number of carbonyl (C=O) groups excluding carboxylic acids is 1. The van der Waals surface area contributed by atoms with Crippen LogP contribution in [-0.2, 0) is 17.8 Å². The number of hydrogen-bond acceptors (Lipinski definition) is 2. The van der Waals surface area contributed by atoms with Crippen molar-refractivity contribution in [3.63, 3.8) is 0 Å². The van der Waals surface area contributed by atoms with Gasteiger partial charge in [-0.1, -0.05) is 48.5 Å². The predicted molar refractivity (Wildman–Crippen MR) is 114 cm³/mol. The number of nitrogens with one attached hydrogen (secondary N) is 1. The van der Waals surface area contributed by atoms with Gasteiger partial charge in [0.25, 0.3) is 0 Å². The number of fused-ring (bicyclic) bond motifs is 1. The highest BCUT2D eigenvalue weighted by molar-refractivity contribution is 5.84. The van der Waals surface area contributed by atoms with Crippen LogP contribution in [-0.4, -0.2) is 46.9 Å². The lowest BCUT2D eigenvalue weighted by Gasteiger charge is -2.37. The molecule has 1 amide bonds. The minimum atomic E-state index is 0.281. The first-order chi connectivity index (χ1) is 13.7. The zero-order valence-corrected chi connectivity index (χ0v) is 16.6. The van der Waals surface area contributed by atoms with Crippen molar-refractivity contribution < 1.29 is 4.79 Å². The van der Waals surface area contributed by atoms with E-state index in [1.165, 1.54) is 16.5 Å². The Morgan fingerprint density at radius 1 is 1.14 bits per heavy atom. The van der Waals surface area contributed by atoms with Crippen molar-refractivity contribution in [2.45, 2.75) is 38.3 Å². The van der Waals surface area contributed by atoms with E-state index in [4.69, 9.17) is 0 Å². The minimum Gasteiger partial charge on any atom is -0.361 e. The first-order valence-electron chi connectivity index (χ1n) is 10.3. The van der Waals surface area contributed by atoms with Crippen molar-refractivity contribution in [3.05, 3.63) is 71.9 Å². The summed E-state index contributed by atoms with van der Waals surface area (Å²) in [5.74, 6) is 0.281. The summed E-state index contributed by atoms with van der Waals surface area (Å²) >= 11 is 0. The molecule has 0 saturated carbocycles. The summed E-state index contributed by atoms with van der Waals surface area (Å²) in [7, 11) is 2.18. The SMILES string of the molecule is CN(Cc1ccccc1)[C@@H]1CCCN(C(=O)CCc2c[nH]c3ccccc23)C1. The van der Waals surface area contributed by atoms with Crippen LogP contribution in [0.2, 0.25) is 0 Å². The number of para-hydroxylation sites is 1. The van der Waals surface area contributed by atoms with Crippen molar-refractivity contribution in [2.24, 2.45) is 0 Å². The Balaban J connectivity index is 1.33. The summed E-state index contributed by atoms with van der Waals surface area (Å²) in [6.45, 7) is 2.67. The average molecular weight is 376 g/mol. The molecule has 1 atom stereocenters. The molecule has 0 bridgehead atoms. The van der Waals surface area contributed by atoms with Crippen LogP contribution in [0.15, 0.2) is 60.8 Å². The lowest BCUT2D eigenvalue weighted by molar-refractivity contribution is -0.133. The molecule has 0 spiro atoms. The molecule has 4 nitrogen and oxygen atoms in total. The third-order valence-electron chi connectivity index (χ3n) is 5.93. The summed E-state index contributed by atoms with van der Waals surface area (Å²) < 4.78 is 0. The van der Waals surface area contributed by atoms with E-state index in [2.05, 4.69) is 70.4 Å². The zero-order chi connectivity index (χ0) is 19.3. The standard InChI is InChI=1S/C24H29N3O/c1-26(17-19-8-3-2-4-9-19)21-10-7-15-27(18-21)24(28)14-13-20-16-25-23-12-6-5-11-22(20)23/h2-6,8-9,11-12,16,21,25H,7,10,13-15,17-18H2,1H3/t21-/m1/s1. The molecule has 1 N–H and O–H groups in total. The Hall–Kier alpha value is -2.59. The lowest BCUT2D eigenvalue weighted by Crippen LogP contribution is -2.48. The minimum absolute atomic E-state index is 0.281. The van der Waals surface area contributed by atoms with E-state index in [0.717, 1.165) is 44.4 Å². The van der Waals surface area contributed by atoms with E-state index >= 15 is 0 Å². The maximum atomic E-state index is 12.9. The summed E-state index contributed by atoms with van der Waals surface area (Å²) in [4.78, 5) is 20.6. The Morgan fingerprint density at radius 3 is 2.79 bits per heavy atom. The molecular formula is C24H29N3O. The molecule has 4 rings (SSSR count). The first-order valence-corrected chi connectivity index (χ1v) is 10.3. The third-order valence-corrected chi connectivity index (χ3v) is 5.93. The van der Waals surface area contributed by atoms with Gasteiger partial charge in [-0.25, -0.2) is 0 Å². The molecule has 0 unspecified atom stereocenters. The summed E-state index contributed by atoms with van der Waals surface area (Å²) in [6, 6.07) is 19.3. The van der Waals surface area contributed by atoms with E-state index in [1.807, 2.05) is 12.3 Å². The first kappa shape index (κ1) is 18.8. The highest BCUT2D eigenvalue weighted by Crippen LogP contribution is 2.21. The molecule has 0 aliphatic carbocycles. The molecule has 2 heterocycles. The zero-order valence-electron chi connectivity index (χ0n) is 16.6. The van der Waals surface area contributed by atoms with Crippen LogP contribution < -0.4 is 0 Å². The van der Waals surface area contributed by atoms with E-state index in [9.17, 15) is 4.79 Å². The van der Waals surface area contributed by atoms with Crippen molar-refractivity contribution in [2.75, 3.05) is 20.1 Å². The van der Waals surface area contributed by atoms with Crippen LogP contribution in [0, 0.1) is 0 Å². The van der Waals surface area contributed by atoms with Crippen LogP contribution in [0.3, 0.4) is 0 Å². The topological polar surface area (TPSA) is 39.3 Å². The van der Waals surface area contributed by atoms with Gasteiger partial charge in [-0.05, 0) is 43.5 Å². The number of H-pyrrole nitrogens is 1. The van der Waals surface area contributed by atoms with Gasteiger partial charge in [-0.15, -0.1) is 0 Å². The maximum Gasteiger partial charge on any atom is 0.222 e. The number of rotatable bonds is 6. The van der Waals surface area contributed by atoms with E-state index in [-0.39, 0.29) is 5.91 Å². The summed E-state index contributed by atoms with van der Waals surface area (Å²) in [6.07, 6.45) is 5.67. The van der Waals surface area contributed by atoms with Gasteiger partial charge in [-0.2, -0.15) is 0 Å². The largest absolute Gasteiger partial charge is 0.361 e. The number of aromatic nitrogens is 1. The Labute approximate surface area is 167 Å². The predicted octanol–water partition coefficient (Wildman–Crippen LogP) is 4.22. The van der Waals surface area contributed by atoms with Crippen molar-refractivity contribution >= 4 is 16.8 Å². The average Bonchev–Trinajstić information content (AvgIpc) is 3.16. The molecule has 0 radical (unpaired) electrons. The Bertz CT molecular complexity index is 918. The molecule has 3 aromatic rings. The Morgan fingerprint density at radius 2 is 1.93 bits per heavy atom. The van der Waals surface area contributed by atoms with E-state index < -0.39 is 0 Å². The molecule has 1 fully saturated rings. The summed E-state index contributed by atoms with van der Waals surface area (Å²) in [5, 5.41) is 1.23. The number of aromatic amines is 1. The second-order valence-corrected chi connectivity index (χ2v) is 7.90. The molecule has 28 heavy (non-hydrogen) atoms. The number of nitrogens with zero attached hydrogens (tertiary/aromatic N) is 2. The van der Waals surface area contributed by atoms with Crippen LogP contribution >= 0.6 is 0 Å². The normalized spacial score (nSPS) is 17.4. The highest BCUT2D eigenvalue weighted by Gasteiger charge is 2.26. The van der Waals surface area contributed by atoms with Crippen molar-refractivity contribution in [1.82, 2.24) is 14.8 Å². The Kier molecular flexibility index (Phi) is 5.77. The molecule has 1 saturated heterocycles. The van der Waals surface area contributed by atoms with E-state index in [0.29, 0.717) is 12.5 Å². The number of carbonyl (C=O) groups is 1. The fourth-order valence-corrected chi connectivity index (χ4v) is 4.28. The number of piperidine rings is 1. The molecule has 1 aromatic heterocycles. The fraction of sp³-hybridized carbons (Fsp3) is 0.375. The lowest BCUT2D eigenvalue weighted by atomic mass is 10.0. The molecule has 1 aliphatic heterocycles. The quantitative estimate of drug-likeness (QED) is 0.700. The van der Waals surface area contributed by atoms with E-state index in [1.54, 1.807) is 0 Å². The highest BCUT2D eigenvalue weighted by atomic mass is 16.2. The van der Waals surface area contributed by atoms with Crippen molar-refractivity contribution in [3.8, 4) is 0 Å². The number of likely N-dealkylation sites (tertiary alicyclic amines) is 1. The van der Waals surface area contributed by atoms with Gasteiger partial charge in [0.2, 0.25) is 5.91 Å². The van der Waals surface area contributed by atoms with Crippen LogP contribution in [0.25, 0.3) is 10.9 Å². The van der Waals surface area contributed by atoms with Gasteiger partial charge in [-0.3, -0.25) is 9.69 Å². The molecule has 4 heteroatoms. The monoisotopic (exact) mass is 375 g/mol. The van der Waals surface area contributed by atoms with Crippen LogP contribution in [0.1, 0.15) is 30.4 Å². The number of amides is 1. The van der Waals surface area contributed by atoms with Gasteiger partial charge in [0, 0.05) is 49.2 Å². The number of aryl methyl sites for hydroxylation is 1.